The van der Waals surface area contributed by atoms with Crippen molar-refractivity contribution in [3.8, 4) is 11.1 Å². The summed E-state index contributed by atoms with van der Waals surface area (Å²) in [4.78, 5) is 24.4. The first-order valence-corrected chi connectivity index (χ1v) is 14.2. The lowest BCUT2D eigenvalue weighted by Crippen LogP contribution is -2.32. The summed E-state index contributed by atoms with van der Waals surface area (Å²) in [5, 5.41) is 5.39. The molecule has 4 aromatic carbocycles. The Balaban J connectivity index is 1.23. The number of aromatic nitrogens is 2. The summed E-state index contributed by atoms with van der Waals surface area (Å²) in [6.07, 6.45) is 4.52. The number of benzene rings is 4. The Hall–Kier alpha value is -3.93. The molecule has 6 rings (SSSR count). The highest BCUT2D eigenvalue weighted by Gasteiger charge is 2.33. The SMILES string of the molecule is O=C(c1cc(Cl)cc(Cl)c1)N(Cc1cccc(-c2ccc3ncnc(NCCc4ccccc4)c3c2)c1)C1CC1. The number of anilines is 1. The van der Waals surface area contributed by atoms with Crippen molar-refractivity contribution in [3.05, 3.63) is 124 Å². The van der Waals surface area contributed by atoms with E-state index < -0.39 is 0 Å². The molecule has 0 unspecified atom stereocenters. The number of fused-ring (bicyclic) bond motifs is 1. The zero-order valence-electron chi connectivity index (χ0n) is 21.9. The molecule has 5 aromatic rings. The monoisotopic (exact) mass is 566 g/mol. The van der Waals surface area contributed by atoms with E-state index in [9.17, 15) is 4.79 Å². The van der Waals surface area contributed by atoms with Gasteiger partial charge in [0.15, 0.2) is 0 Å². The summed E-state index contributed by atoms with van der Waals surface area (Å²) in [7, 11) is 0. The quantitative estimate of drug-likeness (QED) is 0.196. The lowest BCUT2D eigenvalue weighted by Gasteiger charge is -2.23. The summed E-state index contributed by atoms with van der Waals surface area (Å²) in [6, 6.07) is 30.3. The van der Waals surface area contributed by atoms with Gasteiger partial charge in [-0.25, -0.2) is 9.97 Å². The molecular weight excluding hydrogens is 539 g/mol. The Morgan fingerprint density at radius 3 is 2.35 bits per heavy atom. The molecule has 1 aromatic heterocycles. The van der Waals surface area contributed by atoms with Crippen LogP contribution in [-0.4, -0.2) is 33.4 Å². The topological polar surface area (TPSA) is 58.1 Å². The molecule has 1 aliphatic carbocycles. The average molecular weight is 568 g/mol. The third-order valence-corrected chi connectivity index (χ3v) is 7.59. The van der Waals surface area contributed by atoms with Crippen molar-refractivity contribution in [1.29, 1.82) is 0 Å². The molecule has 0 bridgehead atoms. The van der Waals surface area contributed by atoms with E-state index in [4.69, 9.17) is 23.2 Å². The highest BCUT2D eigenvalue weighted by atomic mass is 35.5. The number of carbonyl (C=O) groups is 1. The van der Waals surface area contributed by atoms with E-state index in [0.717, 1.165) is 59.2 Å². The van der Waals surface area contributed by atoms with Crippen molar-refractivity contribution in [2.45, 2.75) is 31.8 Å². The minimum absolute atomic E-state index is 0.0497. The van der Waals surface area contributed by atoms with Gasteiger partial charge in [-0.2, -0.15) is 0 Å². The maximum absolute atomic E-state index is 13.4. The summed E-state index contributed by atoms with van der Waals surface area (Å²) in [6.45, 7) is 1.29. The largest absolute Gasteiger partial charge is 0.369 e. The molecule has 200 valence electrons. The fourth-order valence-electron chi connectivity index (χ4n) is 4.99. The third kappa shape index (κ3) is 6.11. The van der Waals surface area contributed by atoms with E-state index in [1.165, 1.54) is 5.56 Å². The van der Waals surface area contributed by atoms with Crippen LogP contribution >= 0.6 is 23.2 Å². The maximum atomic E-state index is 13.4. The van der Waals surface area contributed by atoms with Crippen LogP contribution in [0.2, 0.25) is 10.0 Å². The Morgan fingerprint density at radius 2 is 1.57 bits per heavy atom. The highest BCUT2D eigenvalue weighted by Crippen LogP contribution is 2.32. The van der Waals surface area contributed by atoms with Gasteiger partial charge >= 0.3 is 0 Å². The van der Waals surface area contributed by atoms with Crippen LogP contribution in [-0.2, 0) is 13.0 Å². The predicted octanol–water partition coefficient (Wildman–Crippen LogP) is 8.06. The second-order valence-electron chi connectivity index (χ2n) is 10.1. The molecule has 1 amide bonds. The number of halogens is 2. The first-order valence-electron chi connectivity index (χ1n) is 13.4. The number of hydrogen-bond acceptors (Lipinski definition) is 4. The minimum atomic E-state index is -0.0497. The number of carbonyl (C=O) groups excluding carboxylic acids is 1. The van der Waals surface area contributed by atoms with Crippen molar-refractivity contribution in [3.63, 3.8) is 0 Å². The molecular formula is C33H28Cl2N4O. The van der Waals surface area contributed by atoms with Gasteiger partial charge in [-0.15, -0.1) is 0 Å². The molecule has 0 radical (unpaired) electrons. The van der Waals surface area contributed by atoms with Crippen molar-refractivity contribution >= 4 is 45.8 Å². The molecule has 1 N–H and O–H groups in total. The van der Waals surface area contributed by atoms with E-state index >= 15 is 0 Å². The van der Waals surface area contributed by atoms with Crippen molar-refractivity contribution in [2.75, 3.05) is 11.9 Å². The first-order chi connectivity index (χ1) is 19.5. The summed E-state index contributed by atoms with van der Waals surface area (Å²) in [5.41, 5.74) is 5.90. The van der Waals surface area contributed by atoms with Gasteiger partial charge in [-0.3, -0.25) is 4.79 Å². The number of rotatable bonds is 9. The van der Waals surface area contributed by atoms with Crippen LogP contribution in [0.4, 0.5) is 5.82 Å². The fraction of sp³-hybridized carbons (Fsp3) is 0.182. The third-order valence-electron chi connectivity index (χ3n) is 7.16. The standard InChI is InChI=1S/C33H28Cl2N4O/c34-27-16-26(17-28(35)19-27)33(40)39(29-10-11-29)20-23-7-4-8-24(15-23)25-9-12-31-30(18-25)32(38-21-37-31)36-14-13-22-5-2-1-3-6-22/h1-9,12,15-19,21,29H,10-11,13-14,20H2,(H,36,37,38). The van der Waals surface area contributed by atoms with Crippen LogP contribution < -0.4 is 5.32 Å². The minimum Gasteiger partial charge on any atom is -0.369 e. The van der Waals surface area contributed by atoms with Crippen LogP contribution in [0.1, 0.15) is 34.3 Å². The van der Waals surface area contributed by atoms with Gasteiger partial charge < -0.3 is 10.2 Å². The fourth-order valence-corrected chi connectivity index (χ4v) is 5.52. The summed E-state index contributed by atoms with van der Waals surface area (Å²) in [5.74, 6) is 0.774. The molecule has 0 spiro atoms. The van der Waals surface area contributed by atoms with E-state index in [1.807, 2.05) is 23.1 Å². The van der Waals surface area contributed by atoms with Gasteiger partial charge in [-0.05, 0) is 77.9 Å². The number of hydrogen-bond donors (Lipinski definition) is 1. The molecule has 1 fully saturated rings. The van der Waals surface area contributed by atoms with Crippen LogP contribution in [0.3, 0.4) is 0 Å². The molecule has 0 aliphatic heterocycles. The van der Waals surface area contributed by atoms with Crippen LogP contribution in [0.5, 0.6) is 0 Å². The zero-order chi connectivity index (χ0) is 27.5. The summed E-state index contributed by atoms with van der Waals surface area (Å²) >= 11 is 12.4. The smallest absolute Gasteiger partial charge is 0.254 e. The molecule has 1 saturated carbocycles. The van der Waals surface area contributed by atoms with Gasteiger partial charge in [0, 0.05) is 40.1 Å². The Labute approximate surface area is 243 Å². The molecule has 0 atom stereocenters. The van der Waals surface area contributed by atoms with Gasteiger partial charge in [0.1, 0.15) is 12.1 Å². The van der Waals surface area contributed by atoms with Crippen LogP contribution in [0.15, 0.2) is 97.3 Å². The number of nitrogens with zero attached hydrogens (tertiary/aromatic N) is 3. The van der Waals surface area contributed by atoms with E-state index in [1.54, 1.807) is 24.5 Å². The van der Waals surface area contributed by atoms with Crippen molar-refractivity contribution in [2.24, 2.45) is 0 Å². The molecule has 1 heterocycles. The number of amides is 1. The summed E-state index contributed by atoms with van der Waals surface area (Å²) < 4.78 is 0. The van der Waals surface area contributed by atoms with E-state index in [-0.39, 0.29) is 11.9 Å². The zero-order valence-corrected chi connectivity index (χ0v) is 23.4. The second-order valence-corrected chi connectivity index (χ2v) is 11.0. The number of nitrogens with one attached hydrogen (secondary N) is 1. The van der Waals surface area contributed by atoms with E-state index in [0.29, 0.717) is 22.2 Å². The Kier molecular flexibility index (Phi) is 7.67. The highest BCUT2D eigenvalue weighted by molar-refractivity contribution is 6.35. The van der Waals surface area contributed by atoms with Crippen LogP contribution in [0.25, 0.3) is 22.0 Å². The molecule has 40 heavy (non-hydrogen) atoms. The van der Waals surface area contributed by atoms with Gasteiger partial charge in [0.05, 0.1) is 5.52 Å². The van der Waals surface area contributed by atoms with Crippen molar-refractivity contribution in [1.82, 2.24) is 14.9 Å². The first kappa shape index (κ1) is 26.3. The van der Waals surface area contributed by atoms with Crippen LogP contribution in [0, 0.1) is 0 Å². The average Bonchev–Trinajstić information content (AvgIpc) is 3.81. The normalized spacial score (nSPS) is 12.8. The molecule has 5 nitrogen and oxygen atoms in total. The molecule has 1 aliphatic rings. The van der Waals surface area contributed by atoms with Gasteiger partial charge in [-0.1, -0.05) is 77.8 Å². The lowest BCUT2D eigenvalue weighted by molar-refractivity contribution is 0.0730. The maximum Gasteiger partial charge on any atom is 0.254 e. The molecule has 0 saturated heterocycles. The van der Waals surface area contributed by atoms with Crippen molar-refractivity contribution < 1.29 is 4.79 Å². The van der Waals surface area contributed by atoms with Gasteiger partial charge in [0.2, 0.25) is 0 Å². The molecule has 7 heteroatoms. The Morgan fingerprint density at radius 1 is 0.825 bits per heavy atom. The van der Waals surface area contributed by atoms with E-state index in [2.05, 4.69) is 69.9 Å². The predicted molar refractivity (Wildman–Crippen MR) is 163 cm³/mol. The van der Waals surface area contributed by atoms with Gasteiger partial charge in [0.25, 0.3) is 5.91 Å². The Bertz CT molecular complexity index is 1650. The second kappa shape index (κ2) is 11.7. The lowest BCUT2D eigenvalue weighted by atomic mass is 10.0.